The van der Waals surface area contributed by atoms with Gasteiger partial charge in [-0.2, -0.15) is 0 Å². The summed E-state index contributed by atoms with van der Waals surface area (Å²) in [4.78, 5) is 2.74. The predicted octanol–water partition coefficient (Wildman–Crippen LogP) is 3.58. The summed E-state index contributed by atoms with van der Waals surface area (Å²) < 4.78 is 33.3. The van der Waals surface area contributed by atoms with E-state index in [1.165, 1.54) is 24.0 Å². The lowest BCUT2D eigenvalue weighted by Crippen LogP contribution is -2.80. The van der Waals surface area contributed by atoms with Crippen molar-refractivity contribution in [1.29, 1.82) is 0 Å². The Morgan fingerprint density at radius 2 is 1.94 bits per heavy atom. The summed E-state index contributed by atoms with van der Waals surface area (Å²) in [6, 6.07) is 4.71. The molecule has 3 aliphatic carbocycles. The molecule has 3 heterocycles. The Hall–Kier alpha value is -1.38. The van der Waals surface area contributed by atoms with Crippen LogP contribution in [0.25, 0.3) is 0 Å². The zero-order valence-electron chi connectivity index (χ0n) is 21.6. The third-order valence-electron chi connectivity index (χ3n) is 9.91. The highest BCUT2D eigenvalue weighted by atomic mass is 16.8. The van der Waals surface area contributed by atoms with E-state index in [4.69, 9.17) is 23.7 Å². The number of likely N-dealkylation sites (tertiary alicyclic amines) is 1. The minimum Gasteiger partial charge on any atom is -0.490 e. The van der Waals surface area contributed by atoms with E-state index in [0.29, 0.717) is 38.9 Å². The van der Waals surface area contributed by atoms with Gasteiger partial charge in [0.1, 0.15) is 0 Å². The van der Waals surface area contributed by atoms with Crippen molar-refractivity contribution in [2.75, 3.05) is 46.1 Å². The first kappa shape index (κ1) is 23.7. The number of aliphatic hydroxyl groups excluding tert-OH is 1. The number of hydrogen-bond acceptors (Lipinski definition) is 7. The molecule has 1 aromatic carbocycles. The molecular formula is C29H41NO6. The third kappa shape index (κ3) is 3.22. The number of aliphatic hydroxyl groups is 1. The number of rotatable bonds is 10. The topological polar surface area (TPSA) is 69.6 Å². The molecule has 2 saturated heterocycles. The van der Waals surface area contributed by atoms with Crippen LogP contribution >= 0.6 is 0 Å². The molecule has 2 spiro atoms. The summed E-state index contributed by atoms with van der Waals surface area (Å²) in [6.07, 6.45) is 8.79. The van der Waals surface area contributed by atoms with Crippen molar-refractivity contribution in [2.45, 2.75) is 93.7 Å². The zero-order chi connectivity index (χ0) is 24.4. The molecule has 1 N–H and O–H groups in total. The van der Waals surface area contributed by atoms with Crippen molar-refractivity contribution in [3.05, 3.63) is 23.3 Å². The van der Waals surface area contributed by atoms with Crippen molar-refractivity contribution >= 4 is 0 Å². The standard InChI is InChI=1S/C29H41NO6/c1-2-3-14-32-22-8-7-21-18-23-28(33-15-4-13-31)9-10-29(34-16-17-35-29)26-27(28,24(21)25(22)36-26)11-12-30(23)19-20-5-6-20/h7-8,20,23,26,31H,2-6,9-19H2,1H3/t23-,26-,27+,28-/m1/s1. The van der Waals surface area contributed by atoms with E-state index in [1.54, 1.807) is 0 Å². The maximum Gasteiger partial charge on any atom is 0.207 e. The molecule has 198 valence electrons. The minimum atomic E-state index is -0.735. The van der Waals surface area contributed by atoms with Gasteiger partial charge >= 0.3 is 0 Å². The molecule has 7 rings (SSSR count). The number of nitrogens with zero attached hydrogens (tertiary/aromatic N) is 1. The van der Waals surface area contributed by atoms with Gasteiger partial charge in [0.2, 0.25) is 5.79 Å². The highest BCUT2D eigenvalue weighted by Gasteiger charge is 2.78. The van der Waals surface area contributed by atoms with E-state index in [1.807, 2.05) is 0 Å². The normalized spacial score (nSPS) is 35.6. The number of ether oxygens (including phenoxy) is 5. The maximum absolute atomic E-state index is 9.62. The Morgan fingerprint density at radius 3 is 2.72 bits per heavy atom. The molecule has 0 radical (unpaired) electrons. The Kier molecular flexibility index (Phi) is 5.82. The van der Waals surface area contributed by atoms with Gasteiger partial charge in [-0.05, 0) is 69.0 Å². The first-order valence-electron chi connectivity index (χ1n) is 14.4. The molecule has 36 heavy (non-hydrogen) atoms. The smallest absolute Gasteiger partial charge is 0.207 e. The van der Waals surface area contributed by atoms with Crippen LogP contribution in [0.5, 0.6) is 11.5 Å². The average Bonchev–Trinajstić information content (AvgIpc) is 3.45. The van der Waals surface area contributed by atoms with Crippen LogP contribution in [-0.2, 0) is 26.0 Å². The van der Waals surface area contributed by atoms with Gasteiger partial charge in [-0.3, -0.25) is 4.90 Å². The number of piperidine rings is 1. The molecule has 2 bridgehead atoms. The summed E-state index contributed by atoms with van der Waals surface area (Å²) in [7, 11) is 0. The van der Waals surface area contributed by atoms with Crippen LogP contribution in [-0.4, -0.2) is 79.7 Å². The molecule has 4 atom stereocenters. The van der Waals surface area contributed by atoms with Crippen LogP contribution in [0.15, 0.2) is 12.1 Å². The van der Waals surface area contributed by atoms with Gasteiger partial charge in [-0.15, -0.1) is 0 Å². The van der Waals surface area contributed by atoms with Crippen LogP contribution in [0.3, 0.4) is 0 Å². The van der Waals surface area contributed by atoms with Gasteiger partial charge in [0.15, 0.2) is 17.6 Å². The second kappa shape index (κ2) is 8.84. The lowest BCUT2D eigenvalue weighted by Gasteiger charge is -2.67. The summed E-state index contributed by atoms with van der Waals surface area (Å²) in [5, 5.41) is 9.62. The summed E-state index contributed by atoms with van der Waals surface area (Å²) >= 11 is 0. The van der Waals surface area contributed by atoms with E-state index in [0.717, 1.165) is 69.0 Å². The number of unbranched alkanes of at least 4 members (excludes halogenated alkanes) is 1. The van der Waals surface area contributed by atoms with E-state index < -0.39 is 5.79 Å². The van der Waals surface area contributed by atoms with Crippen molar-refractivity contribution in [1.82, 2.24) is 4.90 Å². The second-order valence-electron chi connectivity index (χ2n) is 11.8. The summed E-state index contributed by atoms with van der Waals surface area (Å²) in [6.45, 7) is 7.00. The zero-order valence-corrected chi connectivity index (χ0v) is 21.6. The first-order valence-corrected chi connectivity index (χ1v) is 14.4. The molecule has 6 aliphatic rings. The molecule has 0 aromatic heterocycles. The van der Waals surface area contributed by atoms with Crippen LogP contribution in [0.4, 0.5) is 0 Å². The van der Waals surface area contributed by atoms with Crippen LogP contribution in [0.1, 0.15) is 69.4 Å². The van der Waals surface area contributed by atoms with E-state index in [-0.39, 0.29) is 23.7 Å². The fraction of sp³-hybridized carbons (Fsp3) is 0.793. The second-order valence-corrected chi connectivity index (χ2v) is 11.8. The predicted molar refractivity (Wildman–Crippen MR) is 134 cm³/mol. The molecule has 4 fully saturated rings. The maximum atomic E-state index is 9.62. The van der Waals surface area contributed by atoms with Gasteiger partial charge < -0.3 is 28.8 Å². The number of hydrogen-bond donors (Lipinski definition) is 1. The number of fused-ring (bicyclic) bond motifs is 1. The molecule has 0 unspecified atom stereocenters. The first-order chi connectivity index (χ1) is 17.7. The molecule has 1 aromatic rings. The van der Waals surface area contributed by atoms with E-state index in [9.17, 15) is 5.11 Å². The lowest BCUT2D eigenvalue weighted by atomic mass is 9.48. The summed E-state index contributed by atoms with van der Waals surface area (Å²) in [5.74, 6) is 1.84. The van der Waals surface area contributed by atoms with Crippen molar-refractivity contribution in [3.8, 4) is 11.5 Å². The van der Waals surface area contributed by atoms with E-state index >= 15 is 0 Å². The van der Waals surface area contributed by atoms with Crippen molar-refractivity contribution < 1.29 is 28.8 Å². The van der Waals surface area contributed by atoms with Crippen molar-refractivity contribution in [2.24, 2.45) is 5.92 Å². The molecule has 7 nitrogen and oxygen atoms in total. The lowest BCUT2D eigenvalue weighted by molar-refractivity contribution is -0.306. The fourth-order valence-corrected chi connectivity index (χ4v) is 8.22. The Balaban J connectivity index is 1.38. The van der Waals surface area contributed by atoms with Gasteiger partial charge in [-0.25, -0.2) is 0 Å². The molecule has 0 amide bonds. The highest BCUT2D eigenvalue weighted by Crippen LogP contribution is 2.69. The Morgan fingerprint density at radius 1 is 1.08 bits per heavy atom. The average molecular weight is 500 g/mol. The monoisotopic (exact) mass is 499 g/mol. The molecule has 2 saturated carbocycles. The van der Waals surface area contributed by atoms with Gasteiger partial charge in [-0.1, -0.05) is 19.4 Å². The third-order valence-corrected chi connectivity index (χ3v) is 9.91. The highest BCUT2D eigenvalue weighted by molar-refractivity contribution is 5.63. The summed E-state index contributed by atoms with van der Waals surface area (Å²) in [5.41, 5.74) is 1.94. The quantitative estimate of drug-likeness (QED) is 0.494. The van der Waals surface area contributed by atoms with Crippen molar-refractivity contribution in [3.63, 3.8) is 0 Å². The SMILES string of the molecule is CCCCOc1ccc2c3c1O[C@H]1C4(CC[C@@]5(OCCCO)[C@@H](C2)N(CC2CC2)CC[C@]315)OCCO4. The fourth-order valence-electron chi connectivity index (χ4n) is 8.22. The number of benzene rings is 1. The van der Waals surface area contributed by atoms with E-state index in [2.05, 4.69) is 24.0 Å². The van der Waals surface area contributed by atoms with Crippen LogP contribution in [0.2, 0.25) is 0 Å². The molecule has 3 aliphatic heterocycles. The Labute approximate surface area is 214 Å². The minimum absolute atomic E-state index is 0.146. The van der Waals surface area contributed by atoms with Crippen LogP contribution in [0, 0.1) is 5.92 Å². The molecular weight excluding hydrogens is 458 g/mol. The van der Waals surface area contributed by atoms with Gasteiger partial charge in [0.25, 0.3) is 0 Å². The van der Waals surface area contributed by atoms with Gasteiger partial charge in [0, 0.05) is 37.8 Å². The Bertz CT molecular complexity index is 990. The van der Waals surface area contributed by atoms with Crippen LogP contribution < -0.4 is 9.47 Å². The molecule has 7 heteroatoms. The van der Waals surface area contributed by atoms with Gasteiger partial charge in [0.05, 0.1) is 30.8 Å². The largest absolute Gasteiger partial charge is 0.490 e.